The van der Waals surface area contributed by atoms with Crippen molar-refractivity contribution in [3.63, 3.8) is 0 Å². The molecule has 1 amide bonds. The van der Waals surface area contributed by atoms with Gasteiger partial charge in [-0.25, -0.2) is 10.4 Å². The van der Waals surface area contributed by atoms with E-state index >= 15 is 0 Å². The fourth-order valence-corrected chi connectivity index (χ4v) is 3.26. The number of pyridine rings is 1. The van der Waals surface area contributed by atoms with Crippen molar-refractivity contribution < 1.29 is 4.79 Å². The van der Waals surface area contributed by atoms with Crippen LogP contribution in [0, 0.1) is 0 Å². The van der Waals surface area contributed by atoms with Gasteiger partial charge in [-0.05, 0) is 24.6 Å². The number of carbonyl (C=O) groups excluding carboxylic acids is 1. The van der Waals surface area contributed by atoms with E-state index in [0.717, 1.165) is 33.4 Å². The number of hydrogen-bond donors (Lipinski definition) is 1. The highest BCUT2D eigenvalue weighted by Gasteiger charge is 2.13. The van der Waals surface area contributed by atoms with E-state index in [0.29, 0.717) is 12.0 Å². The third kappa shape index (κ3) is 4.38. The van der Waals surface area contributed by atoms with Gasteiger partial charge in [0.1, 0.15) is 0 Å². The average molecular weight is 379 g/mol. The van der Waals surface area contributed by atoms with Crippen molar-refractivity contribution in [1.29, 1.82) is 0 Å². The maximum atomic E-state index is 13.0. The van der Waals surface area contributed by atoms with Crippen molar-refractivity contribution in [3.05, 3.63) is 102 Å². The van der Waals surface area contributed by atoms with Gasteiger partial charge < -0.3 is 0 Å². The monoisotopic (exact) mass is 379 g/mol. The molecule has 1 N–H and O–H groups in total. The molecule has 0 fully saturated rings. The molecule has 1 aromatic heterocycles. The maximum absolute atomic E-state index is 13.0. The Kier molecular flexibility index (Phi) is 5.43. The highest BCUT2D eigenvalue weighted by Crippen LogP contribution is 2.24. The fourth-order valence-electron chi connectivity index (χ4n) is 3.26. The lowest BCUT2D eigenvalue weighted by Crippen LogP contribution is -2.20. The summed E-state index contributed by atoms with van der Waals surface area (Å²) in [5, 5.41) is 5.11. The van der Waals surface area contributed by atoms with Crippen molar-refractivity contribution in [2.24, 2.45) is 5.10 Å². The van der Waals surface area contributed by atoms with E-state index < -0.39 is 0 Å². The SMILES string of the molecule is CC(Cc1ccccc1)=NNC(=O)c1cc(-c2ccccc2)nc2ccccc12. The van der Waals surface area contributed by atoms with Crippen molar-refractivity contribution in [1.82, 2.24) is 10.4 Å². The molecule has 3 aromatic carbocycles. The second-order valence-electron chi connectivity index (χ2n) is 6.89. The van der Waals surface area contributed by atoms with Gasteiger partial charge in [-0.3, -0.25) is 4.79 Å². The molecule has 142 valence electrons. The van der Waals surface area contributed by atoms with Crippen LogP contribution in [0.15, 0.2) is 96.1 Å². The van der Waals surface area contributed by atoms with Gasteiger partial charge in [0.2, 0.25) is 0 Å². The Balaban J connectivity index is 1.63. The van der Waals surface area contributed by atoms with E-state index in [-0.39, 0.29) is 5.91 Å². The van der Waals surface area contributed by atoms with Crippen LogP contribution < -0.4 is 5.43 Å². The molecule has 0 radical (unpaired) electrons. The lowest BCUT2D eigenvalue weighted by Gasteiger charge is -2.09. The number of hydrazone groups is 1. The van der Waals surface area contributed by atoms with E-state index in [1.807, 2.05) is 97.9 Å². The van der Waals surface area contributed by atoms with Gasteiger partial charge in [-0.15, -0.1) is 0 Å². The molecule has 1 heterocycles. The minimum Gasteiger partial charge on any atom is -0.267 e. The van der Waals surface area contributed by atoms with E-state index in [9.17, 15) is 4.79 Å². The molecule has 0 saturated carbocycles. The quantitative estimate of drug-likeness (QED) is 0.380. The van der Waals surface area contributed by atoms with Gasteiger partial charge in [0.05, 0.1) is 16.8 Å². The highest BCUT2D eigenvalue weighted by molar-refractivity contribution is 6.07. The van der Waals surface area contributed by atoms with Gasteiger partial charge >= 0.3 is 0 Å². The molecule has 0 saturated heterocycles. The van der Waals surface area contributed by atoms with Crippen molar-refractivity contribution in [3.8, 4) is 11.3 Å². The first-order valence-corrected chi connectivity index (χ1v) is 9.53. The number of rotatable bonds is 5. The Labute approximate surface area is 169 Å². The van der Waals surface area contributed by atoms with E-state index in [1.54, 1.807) is 0 Å². The average Bonchev–Trinajstić information content (AvgIpc) is 2.78. The fraction of sp³-hybridized carbons (Fsp3) is 0.0800. The van der Waals surface area contributed by atoms with Crippen LogP contribution in [-0.4, -0.2) is 16.6 Å². The van der Waals surface area contributed by atoms with Gasteiger partial charge in [-0.1, -0.05) is 78.9 Å². The van der Waals surface area contributed by atoms with Crippen LogP contribution in [0.25, 0.3) is 22.2 Å². The Hall–Kier alpha value is -3.79. The second-order valence-corrected chi connectivity index (χ2v) is 6.89. The number of para-hydroxylation sites is 1. The molecule has 4 heteroatoms. The van der Waals surface area contributed by atoms with Gasteiger partial charge in [0.25, 0.3) is 5.91 Å². The number of aromatic nitrogens is 1. The first-order valence-electron chi connectivity index (χ1n) is 9.53. The summed E-state index contributed by atoms with van der Waals surface area (Å²) in [6.45, 7) is 1.91. The molecule has 0 atom stereocenters. The Morgan fingerprint density at radius 1 is 0.897 bits per heavy atom. The molecule has 0 spiro atoms. The summed E-state index contributed by atoms with van der Waals surface area (Å²) in [7, 11) is 0. The smallest absolute Gasteiger partial charge is 0.267 e. The summed E-state index contributed by atoms with van der Waals surface area (Å²) in [4.78, 5) is 17.7. The zero-order chi connectivity index (χ0) is 20.1. The summed E-state index contributed by atoms with van der Waals surface area (Å²) in [5.41, 5.74) is 7.78. The van der Waals surface area contributed by atoms with Crippen LogP contribution in [0.3, 0.4) is 0 Å². The molecule has 0 aliphatic heterocycles. The van der Waals surface area contributed by atoms with E-state index in [2.05, 4.69) is 10.5 Å². The number of nitrogens with zero attached hydrogens (tertiary/aromatic N) is 2. The van der Waals surface area contributed by atoms with E-state index in [4.69, 9.17) is 4.98 Å². The zero-order valence-corrected chi connectivity index (χ0v) is 16.2. The zero-order valence-electron chi connectivity index (χ0n) is 16.2. The van der Waals surface area contributed by atoms with Crippen LogP contribution in [0.2, 0.25) is 0 Å². The summed E-state index contributed by atoms with van der Waals surface area (Å²) in [6.07, 6.45) is 0.688. The number of hydrogen-bond acceptors (Lipinski definition) is 3. The predicted octanol–water partition coefficient (Wildman–Crippen LogP) is 5.25. The summed E-state index contributed by atoms with van der Waals surface area (Å²) in [6, 6.07) is 29.4. The summed E-state index contributed by atoms with van der Waals surface area (Å²) in [5.74, 6) is -0.242. The summed E-state index contributed by atoms with van der Waals surface area (Å²) >= 11 is 0. The molecule has 4 nitrogen and oxygen atoms in total. The molecular formula is C25H21N3O. The molecular weight excluding hydrogens is 358 g/mol. The first-order chi connectivity index (χ1) is 14.2. The molecule has 0 bridgehead atoms. The molecule has 29 heavy (non-hydrogen) atoms. The third-order valence-corrected chi connectivity index (χ3v) is 4.68. The largest absolute Gasteiger partial charge is 0.272 e. The van der Waals surface area contributed by atoms with E-state index in [1.165, 1.54) is 0 Å². The van der Waals surface area contributed by atoms with Crippen molar-refractivity contribution >= 4 is 22.5 Å². The topological polar surface area (TPSA) is 54.4 Å². The second kappa shape index (κ2) is 8.48. The van der Waals surface area contributed by atoms with Crippen LogP contribution in [0.4, 0.5) is 0 Å². The standard InChI is InChI=1S/C25H21N3O/c1-18(16-19-10-4-2-5-11-19)27-28-25(29)22-17-24(20-12-6-3-7-13-20)26-23-15-9-8-14-21(22)23/h2-15,17H,16H2,1H3,(H,28,29). The van der Waals surface area contributed by atoms with Crippen LogP contribution in [0.1, 0.15) is 22.8 Å². The lowest BCUT2D eigenvalue weighted by molar-refractivity contribution is 0.0956. The van der Waals surface area contributed by atoms with Gasteiger partial charge in [-0.2, -0.15) is 5.10 Å². The van der Waals surface area contributed by atoms with Crippen molar-refractivity contribution in [2.45, 2.75) is 13.3 Å². The molecule has 0 aliphatic rings. The first kappa shape index (κ1) is 18.6. The molecule has 0 unspecified atom stereocenters. The van der Waals surface area contributed by atoms with Gasteiger partial charge in [0.15, 0.2) is 0 Å². The molecule has 0 aliphatic carbocycles. The highest BCUT2D eigenvalue weighted by atomic mass is 16.2. The third-order valence-electron chi connectivity index (χ3n) is 4.68. The predicted molar refractivity (Wildman–Crippen MR) is 118 cm³/mol. The summed E-state index contributed by atoms with van der Waals surface area (Å²) < 4.78 is 0. The van der Waals surface area contributed by atoms with Crippen molar-refractivity contribution in [2.75, 3.05) is 0 Å². The van der Waals surface area contributed by atoms with Crippen LogP contribution in [0.5, 0.6) is 0 Å². The molecule has 4 aromatic rings. The number of benzene rings is 3. The number of fused-ring (bicyclic) bond motifs is 1. The number of amides is 1. The van der Waals surface area contributed by atoms with Crippen LogP contribution >= 0.6 is 0 Å². The lowest BCUT2D eigenvalue weighted by atomic mass is 10.0. The number of nitrogens with one attached hydrogen (secondary N) is 1. The normalized spacial score (nSPS) is 11.4. The minimum absolute atomic E-state index is 0.242. The Morgan fingerprint density at radius 3 is 2.31 bits per heavy atom. The number of carbonyl (C=O) groups is 1. The minimum atomic E-state index is -0.242. The Bertz CT molecular complexity index is 1170. The maximum Gasteiger partial charge on any atom is 0.272 e. The molecule has 4 rings (SSSR count). The van der Waals surface area contributed by atoms with Gasteiger partial charge in [0, 0.05) is 23.1 Å². The Morgan fingerprint density at radius 2 is 1.55 bits per heavy atom. The van der Waals surface area contributed by atoms with Crippen LogP contribution in [-0.2, 0) is 6.42 Å².